The fourth-order valence-electron chi connectivity index (χ4n) is 2.37. The van der Waals surface area contributed by atoms with Crippen LogP contribution >= 0.6 is 12.2 Å². The van der Waals surface area contributed by atoms with E-state index in [1.54, 1.807) is 0 Å². The van der Waals surface area contributed by atoms with Crippen molar-refractivity contribution in [3.63, 3.8) is 0 Å². The molecule has 3 atom stereocenters. The van der Waals surface area contributed by atoms with Crippen molar-refractivity contribution in [2.75, 3.05) is 0 Å². The summed E-state index contributed by atoms with van der Waals surface area (Å²) >= 11 is 5.12. The molecule has 1 fully saturated rings. The van der Waals surface area contributed by atoms with Gasteiger partial charge in [0, 0.05) is 12.3 Å². The highest BCUT2D eigenvalue weighted by atomic mass is 32.1. The molecule has 0 spiro atoms. The van der Waals surface area contributed by atoms with Crippen molar-refractivity contribution in [1.29, 1.82) is 0 Å². The van der Waals surface area contributed by atoms with Crippen LogP contribution in [0.5, 0.6) is 0 Å². The SMILES string of the molecule is CC[C@H](C)N1C(=O)[C@@H](C=N[C@@H](C)c2ccccc2)C(=O)NC1=S. The topological polar surface area (TPSA) is 61.8 Å². The Labute approximate surface area is 141 Å². The van der Waals surface area contributed by atoms with Crippen LogP contribution in [0.2, 0.25) is 0 Å². The predicted octanol–water partition coefficient (Wildman–Crippen LogP) is 2.48. The summed E-state index contributed by atoms with van der Waals surface area (Å²) < 4.78 is 0. The lowest BCUT2D eigenvalue weighted by Gasteiger charge is -2.35. The van der Waals surface area contributed by atoms with Crippen LogP contribution in [-0.4, -0.2) is 34.1 Å². The van der Waals surface area contributed by atoms with E-state index in [-0.39, 0.29) is 23.1 Å². The van der Waals surface area contributed by atoms with Crippen LogP contribution in [0, 0.1) is 5.92 Å². The first-order chi connectivity index (χ1) is 11.0. The number of nitrogens with one attached hydrogen (secondary N) is 1. The number of nitrogens with zero attached hydrogens (tertiary/aromatic N) is 2. The van der Waals surface area contributed by atoms with Crippen LogP contribution in [0.3, 0.4) is 0 Å². The highest BCUT2D eigenvalue weighted by Gasteiger charge is 2.39. The molecule has 0 aromatic heterocycles. The maximum Gasteiger partial charge on any atom is 0.247 e. The quantitative estimate of drug-likeness (QED) is 0.512. The van der Waals surface area contributed by atoms with Crippen molar-refractivity contribution in [2.45, 2.75) is 39.3 Å². The minimum atomic E-state index is -0.929. The summed E-state index contributed by atoms with van der Waals surface area (Å²) in [6.07, 6.45) is 2.19. The molecule has 1 aliphatic heterocycles. The van der Waals surface area contributed by atoms with Gasteiger partial charge in [0.15, 0.2) is 11.0 Å². The molecule has 2 amide bonds. The molecule has 1 saturated heterocycles. The van der Waals surface area contributed by atoms with Gasteiger partial charge < -0.3 is 5.32 Å². The summed E-state index contributed by atoms with van der Waals surface area (Å²) in [7, 11) is 0. The van der Waals surface area contributed by atoms with Crippen molar-refractivity contribution < 1.29 is 9.59 Å². The zero-order valence-electron chi connectivity index (χ0n) is 13.5. The highest BCUT2D eigenvalue weighted by Crippen LogP contribution is 2.18. The summed E-state index contributed by atoms with van der Waals surface area (Å²) in [6, 6.07) is 9.55. The Morgan fingerprint density at radius 2 is 1.96 bits per heavy atom. The molecule has 2 rings (SSSR count). The summed E-state index contributed by atoms with van der Waals surface area (Å²) in [5.41, 5.74) is 1.03. The van der Waals surface area contributed by atoms with Gasteiger partial charge in [-0.1, -0.05) is 37.3 Å². The fourth-order valence-corrected chi connectivity index (χ4v) is 2.74. The van der Waals surface area contributed by atoms with Gasteiger partial charge in [-0.05, 0) is 38.0 Å². The Morgan fingerprint density at radius 1 is 1.30 bits per heavy atom. The van der Waals surface area contributed by atoms with Gasteiger partial charge in [-0.15, -0.1) is 0 Å². The Balaban J connectivity index is 2.17. The molecule has 0 unspecified atom stereocenters. The molecule has 1 aliphatic rings. The number of carbonyl (C=O) groups is 2. The lowest BCUT2D eigenvalue weighted by molar-refractivity contribution is -0.139. The minimum Gasteiger partial charge on any atom is -0.302 e. The van der Waals surface area contributed by atoms with Gasteiger partial charge in [0.25, 0.3) is 0 Å². The van der Waals surface area contributed by atoms with Gasteiger partial charge in [0.1, 0.15) is 0 Å². The molecular weight excluding hydrogens is 310 g/mol. The maximum atomic E-state index is 12.6. The van der Waals surface area contributed by atoms with Crippen molar-refractivity contribution in [2.24, 2.45) is 10.9 Å². The fraction of sp³-hybridized carbons (Fsp3) is 0.412. The lowest BCUT2D eigenvalue weighted by atomic mass is 10.0. The van der Waals surface area contributed by atoms with Crippen LogP contribution in [-0.2, 0) is 9.59 Å². The minimum absolute atomic E-state index is 0.0574. The Morgan fingerprint density at radius 3 is 2.57 bits per heavy atom. The van der Waals surface area contributed by atoms with Crippen LogP contribution in [0.25, 0.3) is 0 Å². The Hall–Kier alpha value is -2.08. The van der Waals surface area contributed by atoms with Crippen LogP contribution in [0.1, 0.15) is 38.8 Å². The van der Waals surface area contributed by atoms with Gasteiger partial charge in [0.05, 0.1) is 6.04 Å². The summed E-state index contributed by atoms with van der Waals surface area (Å²) in [5.74, 6) is -1.65. The predicted molar refractivity (Wildman–Crippen MR) is 94.2 cm³/mol. The molecule has 0 radical (unpaired) electrons. The van der Waals surface area contributed by atoms with E-state index in [1.165, 1.54) is 11.1 Å². The molecule has 122 valence electrons. The third-order valence-electron chi connectivity index (χ3n) is 4.01. The zero-order chi connectivity index (χ0) is 17.0. The molecule has 1 aromatic carbocycles. The number of carbonyl (C=O) groups excluding carboxylic acids is 2. The first kappa shape index (κ1) is 17.3. The lowest BCUT2D eigenvalue weighted by Crippen LogP contribution is -2.60. The number of aliphatic imine (C=N–C) groups is 1. The van der Waals surface area contributed by atoms with Gasteiger partial charge in [-0.3, -0.25) is 19.5 Å². The van der Waals surface area contributed by atoms with Crippen molar-refractivity contribution in [3.8, 4) is 0 Å². The molecule has 1 heterocycles. The number of thiocarbonyl (C=S) groups is 1. The number of amides is 2. The standard InChI is InChI=1S/C17H21N3O2S/c1-4-11(2)20-16(22)14(15(21)19-17(20)23)10-18-12(3)13-8-6-5-7-9-13/h5-12,14H,4H2,1-3H3,(H,19,21,23)/t11-,12-,14-/m0/s1. The summed E-state index contributed by atoms with van der Waals surface area (Å²) in [4.78, 5) is 30.5. The molecule has 23 heavy (non-hydrogen) atoms. The van der Waals surface area contributed by atoms with Crippen molar-refractivity contribution in [3.05, 3.63) is 35.9 Å². The van der Waals surface area contributed by atoms with E-state index in [0.29, 0.717) is 0 Å². The first-order valence-electron chi connectivity index (χ1n) is 7.71. The monoisotopic (exact) mass is 331 g/mol. The zero-order valence-corrected chi connectivity index (χ0v) is 14.3. The molecular formula is C17H21N3O2S. The third kappa shape index (κ3) is 3.82. The van der Waals surface area contributed by atoms with E-state index in [9.17, 15) is 9.59 Å². The molecule has 0 bridgehead atoms. The van der Waals surface area contributed by atoms with Gasteiger partial charge in [-0.2, -0.15) is 0 Å². The van der Waals surface area contributed by atoms with Gasteiger partial charge >= 0.3 is 0 Å². The van der Waals surface area contributed by atoms with Crippen LogP contribution in [0.4, 0.5) is 0 Å². The van der Waals surface area contributed by atoms with Crippen molar-refractivity contribution in [1.82, 2.24) is 10.2 Å². The van der Waals surface area contributed by atoms with E-state index < -0.39 is 11.8 Å². The summed E-state index contributed by atoms with van der Waals surface area (Å²) in [5, 5.41) is 2.77. The number of benzene rings is 1. The van der Waals surface area contributed by atoms with E-state index >= 15 is 0 Å². The molecule has 1 N–H and O–H groups in total. The normalized spacial score (nSPS) is 21.4. The summed E-state index contributed by atoms with van der Waals surface area (Å²) in [6.45, 7) is 5.80. The second-order valence-corrected chi connectivity index (χ2v) is 6.01. The van der Waals surface area contributed by atoms with E-state index in [0.717, 1.165) is 12.0 Å². The van der Waals surface area contributed by atoms with E-state index in [2.05, 4.69) is 10.3 Å². The second kappa shape index (κ2) is 7.46. The second-order valence-electron chi connectivity index (χ2n) is 5.62. The van der Waals surface area contributed by atoms with Gasteiger partial charge in [0.2, 0.25) is 11.8 Å². The number of hydrogen-bond acceptors (Lipinski definition) is 4. The maximum absolute atomic E-state index is 12.6. The molecule has 0 aliphatic carbocycles. The van der Waals surface area contributed by atoms with E-state index in [1.807, 2.05) is 51.1 Å². The van der Waals surface area contributed by atoms with Crippen molar-refractivity contribution >= 4 is 35.4 Å². The average Bonchev–Trinajstić information content (AvgIpc) is 2.54. The molecule has 5 nitrogen and oxygen atoms in total. The molecule has 6 heteroatoms. The Bertz CT molecular complexity index is 630. The average molecular weight is 331 g/mol. The van der Waals surface area contributed by atoms with Gasteiger partial charge in [-0.25, -0.2) is 0 Å². The molecule has 0 saturated carbocycles. The number of rotatable bonds is 5. The Kier molecular flexibility index (Phi) is 5.60. The van der Waals surface area contributed by atoms with E-state index in [4.69, 9.17) is 12.2 Å². The molecule has 1 aromatic rings. The van der Waals surface area contributed by atoms with Crippen LogP contribution < -0.4 is 5.32 Å². The smallest absolute Gasteiger partial charge is 0.247 e. The largest absolute Gasteiger partial charge is 0.302 e. The van der Waals surface area contributed by atoms with Crippen LogP contribution in [0.15, 0.2) is 35.3 Å². The number of hydrogen-bond donors (Lipinski definition) is 1. The first-order valence-corrected chi connectivity index (χ1v) is 8.12. The third-order valence-corrected chi connectivity index (χ3v) is 4.31. The highest BCUT2D eigenvalue weighted by molar-refractivity contribution is 7.80.